The van der Waals surface area contributed by atoms with Crippen LogP contribution in [0.4, 0.5) is 10.2 Å². The van der Waals surface area contributed by atoms with Crippen LogP contribution in [0.2, 0.25) is 0 Å². The second-order valence-corrected chi connectivity index (χ2v) is 3.86. The fourth-order valence-electron chi connectivity index (χ4n) is 1.83. The quantitative estimate of drug-likeness (QED) is 0.522. The molecule has 0 bridgehead atoms. The van der Waals surface area contributed by atoms with Crippen LogP contribution in [0.15, 0.2) is 42.7 Å². The molecule has 6 nitrogen and oxygen atoms in total. The molecule has 0 aliphatic heterocycles. The maximum absolute atomic E-state index is 13.5. The highest BCUT2D eigenvalue weighted by Gasteiger charge is 2.11. The van der Waals surface area contributed by atoms with Gasteiger partial charge in [-0.25, -0.2) is 9.07 Å². The summed E-state index contributed by atoms with van der Waals surface area (Å²) in [5.41, 5.74) is 1.11. The number of pyridine rings is 1. The molecule has 0 N–H and O–H groups in total. The highest BCUT2D eigenvalue weighted by molar-refractivity contribution is 5.80. The van der Waals surface area contributed by atoms with Gasteiger partial charge in [-0.2, -0.15) is 5.10 Å². The van der Waals surface area contributed by atoms with Crippen molar-refractivity contribution in [2.75, 3.05) is 0 Å². The van der Waals surface area contributed by atoms with E-state index in [-0.39, 0.29) is 11.6 Å². The molecule has 2 heterocycles. The molecule has 0 atom stereocenters. The van der Waals surface area contributed by atoms with Crippen LogP contribution in [-0.4, -0.2) is 19.7 Å². The molecule has 0 amide bonds. The number of rotatable bonds is 2. The fourth-order valence-corrected chi connectivity index (χ4v) is 1.83. The van der Waals surface area contributed by atoms with E-state index < -0.39 is 4.92 Å². The first kappa shape index (κ1) is 11.3. The Morgan fingerprint density at radius 2 is 2.05 bits per heavy atom. The van der Waals surface area contributed by atoms with Crippen molar-refractivity contribution < 1.29 is 9.31 Å². The summed E-state index contributed by atoms with van der Waals surface area (Å²) in [6, 6.07) is 7.44. The van der Waals surface area contributed by atoms with Gasteiger partial charge in [-0.3, -0.25) is 0 Å². The topological polar surface area (TPSA) is 73.8 Å². The van der Waals surface area contributed by atoms with E-state index in [9.17, 15) is 14.5 Å². The van der Waals surface area contributed by atoms with Crippen LogP contribution in [0.3, 0.4) is 0 Å². The van der Waals surface area contributed by atoms with Crippen molar-refractivity contribution in [3.63, 3.8) is 0 Å². The average molecular weight is 258 g/mol. The lowest BCUT2D eigenvalue weighted by Gasteiger charge is -2.01. The number of fused-ring (bicyclic) bond motifs is 1. The number of benzene rings is 1. The zero-order valence-corrected chi connectivity index (χ0v) is 9.52. The van der Waals surface area contributed by atoms with E-state index in [1.165, 1.54) is 35.3 Å². The van der Waals surface area contributed by atoms with E-state index in [1.807, 2.05) is 0 Å². The van der Waals surface area contributed by atoms with E-state index in [1.54, 1.807) is 12.1 Å². The molecule has 1 aromatic carbocycles. The third-order valence-corrected chi connectivity index (χ3v) is 2.72. The SMILES string of the molecule is O=[N+]([O-])c1ccc(-n2ncc3c(F)cccc32)cn1. The van der Waals surface area contributed by atoms with Crippen LogP contribution < -0.4 is 0 Å². The Bertz CT molecular complexity index is 767. The predicted molar refractivity (Wildman–Crippen MR) is 65.5 cm³/mol. The minimum absolute atomic E-state index is 0.244. The zero-order valence-electron chi connectivity index (χ0n) is 9.52. The van der Waals surface area contributed by atoms with Crippen molar-refractivity contribution in [2.45, 2.75) is 0 Å². The molecule has 3 rings (SSSR count). The van der Waals surface area contributed by atoms with Crippen LogP contribution in [-0.2, 0) is 0 Å². The summed E-state index contributed by atoms with van der Waals surface area (Å²) in [4.78, 5) is 13.7. The van der Waals surface area contributed by atoms with Gasteiger partial charge in [0.2, 0.25) is 0 Å². The Kier molecular flexibility index (Phi) is 2.45. The third-order valence-electron chi connectivity index (χ3n) is 2.72. The molecular formula is C12H7FN4O2. The van der Waals surface area contributed by atoms with Crippen LogP contribution in [0.5, 0.6) is 0 Å². The second-order valence-electron chi connectivity index (χ2n) is 3.86. The Balaban J connectivity index is 2.14. The van der Waals surface area contributed by atoms with E-state index in [0.717, 1.165) is 0 Å². The number of nitrogens with zero attached hydrogens (tertiary/aromatic N) is 4. The molecule has 0 fully saturated rings. The average Bonchev–Trinajstić information content (AvgIpc) is 2.84. The number of hydrogen-bond donors (Lipinski definition) is 0. The van der Waals surface area contributed by atoms with Gasteiger partial charge in [0.05, 0.1) is 17.1 Å². The van der Waals surface area contributed by atoms with Crippen LogP contribution >= 0.6 is 0 Å². The summed E-state index contributed by atoms with van der Waals surface area (Å²) in [5.74, 6) is -0.606. The van der Waals surface area contributed by atoms with Gasteiger partial charge < -0.3 is 10.1 Å². The molecule has 19 heavy (non-hydrogen) atoms. The summed E-state index contributed by atoms with van der Waals surface area (Å²) < 4.78 is 15.0. The minimum atomic E-state index is -0.579. The van der Waals surface area contributed by atoms with Crippen LogP contribution in [0, 0.1) is 15.9 Å². The highest BCUT2D eigenvalue weighted by atomic mass is 19.1. The Morgan fingerprint density at radius 1 is 1.21 bits per heavy atom. The maximum Gasteiger partial charge on any atom is 0.363 e. The van der Waals surface area contributed by atoms with Gasteiger partial charge >= 0.3 is 5.82 Å². The lowest BCUT2D eigenvalue weighted by Crippen LogP contribution is -1.98. The Labute approximate surface area is 106 Å². The van der Waals surface area contributed by atoms with Crippen molar-refractivity contribution >= 4 is 16.7 Å². The van der Waals surface area contributed by atoms with E-state index >= 15 is 0 Å². The second kappa shape index (κ2) is 4.13. The normalized spacial score (nSPS) is 10.8. The summed E-state index contributed by atoms with van der Waals surface area (Å²) >= 11 is 0. The summed E-state index contributed by atoms with van der Waals surface area (Å²) in [5, 5.41) is 15.0. The monoisotopic (exact) mass is 258 g/mol. The largest absolute Gasteiger partial charge is 0.363 e. The molecule has 0 unspecified atom stereocenters. The third kappa shape index (κ3) is 1.81. The van der Waals surface area contributed by atoms with Gasteiger partial charge in [-0.15, -0.1) is 0 Å². The van der Waals surface area contributed by atoms with Gasteiger partial charge in [0.15, 0.2) is 6.20 Å². The van der Waals surface area contributed by atoms with E-state index in [0.29, 0.717) is 16.6 Å². The number of hydrogen-bond acceptors (Lipinski definition) is 4. The molecule has 94 valence electrons. The van der Waals surface area contributed by atoms with Crippen molar-refractivity contribution in [1.82, 2.24) is 14.8 Å². The molecular weight excluding hydrogens is 251 g/mol. The molecule has 2 aromatic heterocycles. The Hall–Kier alpha value is -2.83. The zero-order chi connectivity index (χ0) is 13.4. The van der Waals surface area contributed by atoms with E-state index in [4.69, 9.17) is 0 Å². The summed E-state index contributed by atoms with van der Waals surface area (Å²) in [6.07, 6.45) is 2.74. The molecule has 3 aromatic rings. The number of nitro groups is 1. The van der Waals surface area contributed by atoms with Gasteiger partial charge in [-0.05, 0) is 28.1 Å². The van der Waals surface area contributed by atoms with E-state index in [2.05, 4.69) is 10.1 Å². The number of halogens is 1. The molecule has 0 aliphatic rings. The van der Waals surface area contributed by atoms with Gasteiger partial charge in [-0.1, -0.05) is 6.07 Å². The van der Waals surface area contributed by atoms with Crippen LogP contribution in [0.1, 0.15) is 0 Å². The summed E-state index contributed by atoms with van der Waals surface area (Å²) in [6.45, 7) is 0. The van der Waals surface area contributed by atoms with Crippen molar-refractivity contribution in [3.05, 3.63) is 58.7 Å². The smallest absolute Gasteiger partial charge is 0.358 e. The number of aromatic nitrogens is 3. The van der Waals surface area contributed by atoms with Crippen molar-refractivity contribution in [2.24, 2.45) is 0 Å². The molecule has 7 heteroatoms. The molecule has 0 spiro atoms. The molecule has 0 radical (unpaired) electrons. The predicted octanol–water partition coefficient (Wildman–Crippen LogP) is 2.47. The molecule has 0 saturated carbocycles. The minimum Gasteiger partial charge on any atom is -0.358 e. The Morgan fingerprint density at radius 3 is 2.74 bits per heavy atom. The lowest BCUT2D eigenvalue weighted by atomic mass is 10.2. The first-order valence-electron chi connectivity index (χ1n) is 5.40. The first-order chi connectivity index (χ1) is 9.16. The standard InChI is InChI=1S/C12H7FN4O2/c13-10-2-1-3-11-9(10)7-15-16(11)8-4-5-12(14-6-8)17(18)19/h1-7H. The maximum atomic E-state index is 13.5. The highest BCUT2D eigenvalue weighted by Crippen LogP contribution is 2.21. The van der Waals surface area contributed by atoms with Gasteiger partial charge in [0, 0.05) is 6.07 Å². The molecule has 0 saturated heterocycles. The van der Waals surface area contributed by atoms with Gasteiger partial charge in [0.1, 0.15) is 11.5 Å². The fraction of sp³-hybridized carbons (Fsp3) is 0. The lowest BCUT2D eigenvalue weighted by molar-refractivity contribution is -0.389. The van der Waals surface area contributed by atoms with Crippen LogP contribution in [0.25, 0.3) is 16.6 Å². The summed E-state index contributed by atoms with van der Waals surface area (Å²) in [7, 11) is 0. The first-order valence-corrected chi connectivity index (χ1v) is 5.40. The van der Waals surface area contributed by atoms with Crippen molar-refractivity contribution in [1.29, 1.82) is 0 Å². The van der Waals surface area contributed by atoms with Crippen molar-refractivity contribution in [3.8, 4) is 5.69 Å². The molecule has 0 aliphatic carbocycles. The van der Waals surface area contributed by atoms with Gasteiger partial charge in [0.25, 0.3) is 0 Å².